The summed E-state index contributed by atoms with van der Waals surface area (Å²) in [5.41, 5.74) is 0.535. The number of aliphatic hydroxyl groups is 1. The third-order valence-electron chi connectivity index (χ3n) is 1.74. The Morgan fingerprint density at radius 2 is 2.00 bits per heavy atom. The van der Waals surface area contributed by atoms with Crippen LogP contribution in [0.3, 0.4) is 0 Å². The van der Waals surface area contributed by atoms with Crippen LogP contribution < -0.4 is 0 Å². The maximum absolute atomic E-state index is 11.1. The number of aliphatic hydroxyl groups excluding tert-OH is 1. The molecule has 1 aromatic carbocycles. The molecule has 0 fully saturated rings. The number of benzene rings is 1. The number of aromatic hydroxyl groups is 2. The molecule has 0 aliphatic rings. The van der Waals surface area contributed by atoms with Crippen LogP contribution in [0.25, 0.3) is 0 Å². The molecule has 0 amide bonds. The summed E-state index contributed by atoms with van der Waals surface area (Å²) in [6, 6.07) is 4.09. The van der Waals surface area contributed by atoms with Crippen molar-refractivity contribution in [3.8, 4) is 11.5 Å². The van der Waals surface area contributed by atoms with E-state index in [4.69, 9.17) is 15.3 Å². The summed E-state index contributed by atoms with van der Waals surface area (Å²) in [6.07, 6.45) is -0.00611. The minimum absolute atomic E-state index is 0.00611. The van der Waals surface area contributed by atoms with Crippen molar-refractivity contribution in [1.82, 2.24) is 0 Å². The first kappa shape index (κ1) is 11.3. The van der Waals surface area contributed by atoms with Crippen molar-refractivity contribution in [2.24, 2.45) is 0 Å². The largest absolute Gasteiger partial charge is 0.504 e. The highest BCUT2D eigenvalue weighted by Gasteiger charge is 2.06. The Bertz CT molecular complexity index is 348. The topological polar surface area (TPSA) is 87.0 Å². The molecule has 82 valence electrons. The van der Waals surface area contributed by atoms with Gasteiger partial charge in [0.2, 0.25) is 0 Å². The predicted molar refractivity (Wildman–Crippen MR) is 51.5 cm³/mol. The summed E-state index contributed by atoms with van der Waals surface area (Å²) in [5, 5.41) is 26.6. The molecule has 0 saturated carbocycles. The Morgan fingerprint density at radius 3 is 2.60 bits per heavy atom. The normalized spacial score (nSPS) is 9.93. The molecule has 1 rings (SSSR count). The van der Waals surface area contributed by atoms with E-state index < -0.39 is 5.97 Å². The minimum atomic E-state index is -0.492. The molecule has 0 aromatic heterocycles. The van der Waals surface area contributed by atoms with E-state index in [1.54, 1.807) is 0 Å². The van der Waals surface area contributed by atoms with E-state index in [9.17, 15) is 4.79 Å². The van der Waals surface area contributed by atoms with Gasteiger partial charge in [-0.25, -0.2) is 0 Å². The van der Waals surface area contributed by atoms with E-state index in [2.05, 4.69) is 4.74 Å². The third kappa shape index (κ3) is 3.47. The van der Waals surface area contributed by atoms with Gasteiger partial charge in [0.15, 0.2) is 11.5 Å². The zero-order valence-corrected chi connectivity index (χ0v) is 8.01. The van der Waals surface area contributed by atoms with Gasteiger partial charge in [-0.1, -0.05) is 6.07 Å². The number of esters is 1. The second-order valence-corrected chi connectivity index (χ2v) is 2.94. The van der Waals surface area contributed by atoms with Crippen LogP contribution in [-0.4, -0.2) is 34.5 Å². The second kappa shape index (κ2) is 5.21. The zero-order valence-electron chi connectivity index (χ0n) is 8.01. The average Bonchev–Trinajstić information content (AvgIpc) is 2.20. The van der Waals surface area contributed by atoms with Gasteiger partial charge in [-0.3, -0.25) is 4.79 Å². The lowest BCUT2D eigenvalue weighted by Gasteiger charge is -2.04. The minimum Gasteiger partial charge on any atom is -0.504 e. The Balaban J connectivity index is 2.57. The molecule has 0 radical (unpaired) electrons. The van der Waals surface area contributed by atoms with Crippen LogP contribution in [0.1, 0.15) is 5.56 Å². The van der Waals surface area contributed by atoms with Gasteiger partial charge >= 0.3 is 5.97 Å². The van der Waals surface area contributed by atoms with Gasteiger partial charge in [-0.05, 0) is 17.7 Å². The smallest absolute Gasteiger partial charge is 0.310 e. The highest BCUT2D eigenvalue weighted by molar-refractivity contribution is 5.72. The van der Waals surface area contributed by atoms with Crippen LogP contribution >= 0.6 is 0 Å². The fraction of sp³-hybridized carbons (Fsp3) is 0.300. The Labute approximate surface area is 86.5 Å². The van der Waals surface area contributed by atoms with Crippen LogP contribution in [0.5, 0.6) is 11.5 Å². The van der Waals surface area contributed by atoms with Crippen molar-refractivity contribution in [3.05, 3.63) is 23.8 Å². The summed E-state index contributed by atoms with van der Waals surface area (Å²) >= 11 is 0. The highest BCUT2D eigenvalue weighted by Crippen LogP contribution is 2.24. The molecule has 15 heavy (non-hydrogen) atoms. The molecular weight excluding hydrogens is 200 g/mol. The summed E-state index contributed by atoms with van der Waals surface area (Å²) in [5.74, 6) is -1.00. The van der Waals surface area contributed by atoms with E-state index in [0.717, 1.165) is 0 Å². The van der Waals surface area contributed by atoms with Crippen molar-refractivity contribution in [2.75, 3.05) is 13.2 Å². The Morgan fingerprint density at radius 1 is 1.27 bits per heavy atom. The molecule has 0 aliphatic carbocycles. The summed E-state index contributed by atoms with van der Waals surface area (Å²) in [6.45, 7) is -0.254. The van der Waals surface area contributed by atoms with E-state index in [1.165, 1.54) is 18.2 Å². The number of phenolic OH excluding ortho intramolecular Hbond substituents is 2. The average molecular weight is 212 g/mol. The Hall–Kier alpha value is -1.75. The van der Waals surface area contributed by atoms with E-state index in [-0.39, 0.29) is 31.1 Å². The molecule has 0 heterocycles. The molecule has 0 atom stereocenters. The summed E-state index contributed by atoms with van der Waals surface area (Å²) in [7, 11) is 0. The predicted octanol–water partition coefficient (Wildman–Crippen LogP) is 0.176. The quantitative estimate of drug-likeness (QED) is 0.489. The molecule has 5 nitrogen and oxygen atoms in total. The third-order valence-corrected chi connectivity index (χ3v) is 1.74. The van der Waals surface area contributed by atoms with Gasteiger partial charge in [-0.2, -0.15) is 0 Å². The number of ether oxygens (including phenoxy) is 1. The van der Waals surface area contributed by atoms with Gasteiger partial charge in [0.25, 0.3) is 0 Å². The van der Waals surface area contributed by atoms with Crippen molar-refractivity contribution < 1.29 is 24.9 Å². The van der Waals surface area contributed by atoms with E-state index in [1.807, 2.05) is 0 Å². The van der Waals surface area contributed by atoms with Gasteiger partial charge in [0, 0.05) is 0 Å². The van der Waals surface area contributed by atoms with Crippen molar-refractivity contribution in [1.29, 1.82) is 0 Å². The van der Waals surface area contributed by atoms with Crippen LogP contribution in [0, 0.1) is 0 Å². The van der Waals surface area contributed by atoms with Crippen molar-refractivity contribution >= 4 is 5.97 Å². The first-order valence-electron chi connectivity index (χ1n) is 4.41. The zero-order chi connectivity index (χ0) is 11.3. The number of carbonyl (C=O) groups is 1. The maximum Gasteiger partial charge on any atom is 0.310 e. The highest BCUT2D eigenvalue weighted by atomic mass is 16.5. The SMILES string of the molecule is O=C(Cc1ccc(O)c(O)c1)OCCO. The number of hydrogen-bond donors (Lipinski definition) is 3. The molecule has 0 saturated heterocycles. The van der Waals surface area contributed by atoms with Gasteiger partial charge in [0.05, 0.1) is 13.0 Å². The first-order valence-corrected chi connectivity index (χ1v) is 4.41. The van der Waals surface area contributed by atoms with Gasteiger partial charge in [-0.15, -0.1) is 0 Å². The number of rotatable bonds is 4. The van der Waals surface area contributed by atoms with Gasteiger partial charge < -0.3 is 20.1 Å². The monoisotopic (exact) mass is 212 g/mol. The van der Waals surface area contributed by atoms with Crippen LogP contribution in [-0.2, 0) is 16.0 Å². The molecular formula is C10H12O5. The molecule has 0 aliphatic heterocycles. The van der Waals surface area contributed by atoms with Crippen LogP contribution in [0.2, 0.25) is 0 Å². The van der Waals surface area contributed by atoms with Crippen LogP contribution in [0.15, 0.2) is 18.2 Å². The molecule has 0 bridgehead atoms. The second-order valence-electron chi connectivity index (χ2n) is 2.94. The van der Waals surface area contributed by atoms with Gasteiger partial charge in [0.1, 0.15) is 6.61 Å². The standard InChI is InChI=1S/C10H12O5/c11-3-4-15-10(14)6-7-1-2-8(12)9(13)5-7/h1-2,5,11-13H,3-4,6H2. The molecule has 3 N–H and O–H groups in total. The van der Waals surface area contributed by atoms with E-state index >= 15 is 0 Å². The lowest BCUT2D eigenvalue weighted by Crippen LogP contribution is -2.10. The number of phenols is 2. The van der Waals surface area contributed by atoms with E-state index in [0.29, 0.717) is 5.56 Å². The Kier molecular flexibility index (Phi) is 3.93. The summed E-state index contributed by atoms with van der Waals surface area (Å²) < 4.78 is 4.63. The molecule has 1 aromatic rings. The lowest BCUT2D eigenvalue weighted by molar-refractivity contribution is -0.143. The fourth-order valence-electron chi connectivity index (χ4n) is 1.06. The molecule has 5 heteroatoms. The fourth-order valence-corrected chi connectivity index (χ4v) is 1.06. The maximum atomic E-state index is 11.1. The number of carbonyl (C=O) groups excluding carboxylic acids is 1. The summed E-state index contributed by atoms with van der Waals surface area (Å²) in [4.78, 5) is 11.1. The van der Waals surface area contributed by atoms with Crippen molar-refractivity contribution in [3.63, 3.8) is 0 Å². The number of hydrogen-bond acceptors (Lipinski definition) is 5. The first-order chi connectivity index (χ1) is 7.13. The molecule has 0 unspecified atom stereocenters. The molecule has 0 spiro atoms. The van der Waals surface area contributed by atoms with Crippen LogP contribution in [0.4, 0.5) is 0 Å². The lowest BCUT2D eigenvalue weighted by atomic mass is 10.1. The van der Waals surface area contributed by atoms with Crippen molar-refractivity contribution in [2.45, 2.75) is 6.42 Å².